The number of halogens is 2. The number of likely N-dealkylation sites (N-methyl/N-ethyl adjacent to an activating group) is 1. The summed E-state index contributed by atoms with van der Waals surface area (Å²) in [6.45, 7) is 0. The minimum absolute atomic E-state index is 0.216. The molecule has 1 N–H and O–H groups in total. The molecule has 1 fully saturated rings. The summed E-state index contributed by atoms with van der Waals surface area (Å²) in [5.74, 6) is 3.28. The minimum Gasteiger partial charge on any atom is -0.316 e. The molecule has 0 amide bonds. The van der Waals surface area contributed by atoms with Crippen LogP contribution in [0.25, 0.3) is 0 Å². The van der Waals surface area contributed by atoms with Gasteiger partial charge in [0.15, 0.2) is 0 Å². The van der Waals surface area contributed by atoms with Gasteiger partial charge in [0.25, 0.3) is 0 Å². The van der Waals surface area contributed by atoms with E-state index in [0.717, 1.165) is 5.75 Å². The predicted molar refractivity (Wildman–Crippen MR) is 81.5 cm³/mol. The monoisotopic (exact) mass is 305 g/mol. The van der Waals surface area contributed by atoms with Crippen LogP contribution in [0.4, 0.5) is 4.39 Å². The molecule has 0 spiro atoms. The second-order valence-corrected chi connectivity index (χ2v) is 7.20. The summed E-state index contributed by atoms with van der Waals surface area (Å²) in [5.41, 5.74) is 0.707. The fourth-order valence-electron chi connectivity index (χ4n) is 2.10. The van der Waals surface area contributed by atoms with Crippen molar-refractivity contribution in [1.29, 1.82) is 0 Å². The maximum absolute atomic E-state index is 13.9. The van der Waals surface area contributed by atoms with Crippen LogP contribution >= 0.6 is 35.1 Å². The Morgan fingerprint density at radius 3 is 3.00 bits per heavy atom. The van der Waals surface area contributed by atoms with Crippen molar-refractivity contribution in [3.05, 3.63) is 34.6 Å². The maximum atomic E-state index is 13.9. The van der Waals surface area contributed by atoms with Gasteiger partial charge in [-0.1, -0.05) is 23.7 Å². The lowest BCUT2D eigenvalue weighted by Gasteiger charge is -2.29. The van der Waals surface area contributed by atoms with Crippen LogP contribution in [0.15, 0.2) is 18.2 Å². The SMILES string of the molecule is CNC(Cc1cccc(Cl)c1F)C1CSCCS1. The summed E-state index contributed by atoms with van der Waals surface area (Å²) in [4.78, 5) is 0. The normalized spacial score (nSPS) is 21.8. The van der Waals surface area contributed by atoms with Gasteiger partial charge in [0.1, 0.15) is 5.82 Å². The van der Waals surface area contributed by atoms with Crippen molar-refractivity contribution >= 4 is 35.1 Å². The smallest absolute Gasteiger partial charge is 0.145 e. The zero-order valence-electron chi connectivity index (χ0n) is 10.3. The van der Waals surface area contributed by atoms with E-state index in [2.05, 4.69) is 5.32 Å². The molecule has 1 aromatic carbocycles. The lowest BCUT2D eigenvalue weighted by atomic mass is 10.0. The van der Waals surface area contributed by atoms with Crippen molar-refractivity contribution < 1.29 is 4.39 Å². The number of thioether (sulfide) groups is 2. The summed E-state index contributed by atoms with van der Waals surface area (Å²) in [5, 5.41) is 4.09. The molecule has 5 heteroatoms. The predicted octanol–water partition coefficient (Wildman–Crippen LogP) is 3.46. The molecule has 0 radical (unpaired) electrons. The number of nitrogens with one attached hydrogen (secondary N) is 1. The third kappa shape index (κ3) is 3.56. The molecule has 1 saturated heterocycles. The molecule has 1 aliphatic rings. The van der Waals surface area contributed by atoms with Crippen LogP contribution < -0.4 is 5.32 Å². The third-order valence-corrected chi connectivity index (χ3v) is 6.34. The molecule has 1 heterocycles. The molecule has 0 bridgehead atoms. The Kier molecular flexibility index (Phi) is 5.67. The standard InChI is InChI=1S/C13H17ClFNS2/c1-16-11(12-8-17-5-6-18-12)7-9-3-2-4-10(14)13(9)15/h2-4,11-12,16H,5-8H2,1H3. The third-order valence-electron chi connectivity index (χ3n) is 3.13. The van der Waals surface area contributed by atoms with Crippen molar-refractivity contribution in [3.63, 3.8) is 0 Å². The van der Waals surface area contributed by atoms with Crippen molar-refractivity contribution in [2.24, 2.45) is 0 Å². The van der Waals surface area contributed by atoms with Gasteiger partial charge in [-0.25, -0.2) is 4.39 Å². The van der Waals surface area contributed by atoms with Crippen LogP contribution in [0.2, 0.25) is 5.02 Å². The van der Waals surface area contributed by atoms with E-state index >= 15 is 0 Å². The van der Waals surface area contributed by atoms with Crippen LogP contribution in [0.1, 0.15) is 5.56 Å². The van der Waals surface area contributed by atoms with Crippen LogP contribution in [-0.4, -0.2) is 35.6 Å². The Morgan fingerprint density at radius 1 is 1.50 bits per heavy atom. The topological polar surface area (TPSA) is 12.0 Å². The van der Waals surface area contributed by atoms with E-state index in [9.17, 15) is 4.39 Å². The molecule has 2 atom stereocenters. The fourth-order valence-corrected chi connectivity index (χ4v) is 5.22. The fraction of sp³-hybridized carbons (Fsp3) is 0.538. The molecule has 0 saturated carbocycles. The van der Waals surface area contributed by atoms with E-state index < -0.39 is 0 Å². The van der Waals surface area contributed by atoms with Crippen LogP contribution in [0.3, 0.4) is 0 Å². The van der Waals surface area contributed by atoms with Gasteiger partial charge in [0.05, 0.1) is 5.02 Å². The Bertz CT molecular complexity index is 397. The van der Waals surface area contributed by atoms with Crippen molar-refractivity contribution in [3.8, 4) is 0 Å². The summed E-state index contributed by atoms with van der Waals surface area (Å²) in [7, 11) is 1.95. The van der Waals surface area contributed by atoms with Gasteiger partial charge < -0.3 is 5.32 Å². The van der Waals surface area contributed by atoms with Crippen molar-refractivity contribution in [1.82, 2.24) is 5.32 Å². The molecule has 0 aliphatic carbocycles. The zero-order chi connectivity index (χ0) is 13.0. The van der Waals surface area contributed by atoms with E-state index in [4.69, 9.17) is 11.6 Å². The van der Waals surface area contributed by atoms with Gasteiger partial charge in [-0.2, -0.15) is 23.5 Å². The summed E-state index contributed by atoms with van der Waals surface area (Å²) < 4.78 is 13.9. The minimum atomic E-state index is -0.270. The molecular weight excluding hydrogens is 289 g/mol. The van der Waals surface area contributed by atoms with Gasteiger partial charge >= 0.3 is 0 Å². The second kappa shape index (κ2) is 7.04. The number of hydrogen-bond acceptors (Lipinski definition) is 3. The Hall–Kier alpha value is 0.1000. The molecular formula is C13H17ClFNS2. The van der Waals surface area contributed by atoms with Gasteiger partial charge in [-0.3, -0.25) is 0 Å². The largest absolute Gasteiger partial charge is 0.316 e. The molecule has 2 unspecified atom stereocenters. The first kappa shape index (κ1) is 14.5. The van der Waals surface area contributed by atoms with E-state index in [1.54, 1.807) is 6.07 Å². The van der Waals surface area contributed by atoms with Crippen molar-refractivity contribution in [2.45, 2.75) is 17.7 Å². The number of benzene rings is 1. The van der Waals surface area contributed by atoms with Gasteiger partial charge in [-0.15, -0.1) is 0 Å². The highest BCUT2D eigenvalue weighted by Gasteiger charge is 2.24. The molecule has 2 rings (SSSR count). The van der Waals surface area contributed by atoms with E-state index in [1.807, 2.05) is 42.7 Å². The molecule has 18 heavy (non-hydrogen) atoms. The highest BCUT2D eigenvalue weighted by atomic mass is 35.5. The summed E-state index contributed by atoms with van der Waals surface area (Å²) in [6.07, 6.45) is 0.696. The van der Waals surface area contributed by atoms with Crippen LogP contribution in [-0.2, 0) is 6.42 Å². The molecule has 1 aromatic rings. The number of hydrogen-bond donors (Lipinski definition) is 1. The molecule has 0 aromatic heterocycles. The first-order valence-electron chi connectivity index (χ1n) is 6.02. The van der Waals surface area contributed by atoms with Gasteiger partial charge in [0, 0.05) is 28.6 Å². The molecule has 100 valence electrons. The lowest BCUT2D eigenvalue weighted by molar-refractivity contribution is 0.533. The molecule has 1 nitrogen and oxygen atoms in total. The Labute approximate surface area is 121 Å². The maximum Gasteiger partial charge on any atom is 0.145 e. The summed E-state index contributed by atoms with van der Waals surface area (Å²) in [6, 6.07) is 5.54. The van der Waals surface area contributed by atoms with E-state index in [1.165, 1.54) is 11.5 Å². The molecule has 1 aliphatic heterocycles. The first-order valence-corrected chi connectivity index (χ1v) is 8.60. The van der Waals surface area contributed by atoms with Gasteiger partial charge in [-0.05, 0) is 25.1 Å². The zero-order valence-corrected chi connectivity index (χ0v) is 12.7. The van der Waals surface area contributed by atoms with Crippen LogP contribution in [0, 0.1) is 5.82 Å². The highest BCUT2D eigenvalue weighted by Crippen LogP contribution is 2.28. The summed E-state index contributed by atoms with van der Waals surface area (Å²) >= 11 is 9.79. The Morgan fingerprint density at radius 2 is 2.33 bits per heavy atom. The van der Waals surface area contributed by atoms with Crippen molar-refractivity contribution in [2.75, 3.05) is 24.3 Å². The van der Waals surface area contributed by atoms with Crippen LogP contribution in [0.5, 0.6) is 0 Å². The first-order chi connectivity index (χ1) is 8.72. The van der Waals surface area contributed by atoms with E-state index in [0.29, 0.717) is 23.3 Å². The second-order valence-electron chi connectivity index (χ2n) is 4.30. The van der Waals surface area contributed by atoms with Gasteiger partial charge in [0.2, 0.25) is 0 Å². The quantitative estimate of drug-likeness (QED) is 0.915. The average Bonchev–Trinajstić information content (AvgIpc) is 2.41. The number of rotatable bonds is 4. The average molecular weight is 306 g/mol. The van der Waals surface area contributed by atoms with E-state index in [-0.39, 0.29) is 10.8 Å². The lowest BCUT2D eigenvalue weighted by Crippen LogP contribution is -2.40. The Balaban J connectivity index is 2.07. The highest BCUT2D eigenvalue weighted by molar-refractivity contribution is 8.06.